The van der Waals surface area contributed by atoms with Gasteiger partial charge in [0.15, 0.2) is 0 Å². The highest BCUT2D eigenvalue weighted by molar-refractivity contribution is 5.93. The predicted octanol–water partition coefficient (Wildman–Crippen LogP) is 1.73. The molecule has 0 aliphatic carbocycles. The first kappa shape index (κ1) is 10.4. The maximum atomic E-state index is 11.4. The molecule has 0 aromatic carbocycles. The molecule has 74 valence electrons. The van der Waals surface area contributed by atoms with Crippen molar-refractivity contribution in [2.24, 2.45) is 0 Å². The molecule has 0 bridgehead atoms. The maximum absolute atomic E-state index is 11.4. The number of aryl methyl sites for hydroxylation is 1. The summed E-state index contributed by atoms with van der Waals surface area (Å²) in [5, 5.41) is 2.75. The summed E-state index contributed by atoms with van der Waals surface area (Å²) in [6, 6.07) is 1.71. The van der Waals surface area contributed by atoms with Gasteiger partial charge in [0.25, 0.3) is 5.91 Å². The number of carbonyl (C=O) groups is 1. The SMILES string of the molecule is CC#CCCNC(=O)c1coc(C)c1. The molecule has 1 heterocycles. The molecule has 0 radical (unpaired) electrons. The Hall–Kier alpha value is -1.69. The number of nitrogens with one attached hydrogen (secondary N) is 1. The number of furan rings is 1. The Kier molecular flexibility index (Phi) is 3.81. The van der Waals surface area contributed by atoms with E-state index in [9.17, 15) is 4.79 Å². The Morgan fingerprint density at radius 3 is 3.00 bits per heavy atom. The third-order valence-corrected chi connectivity index (χ3v) is 1.71. The molecule has 14 heavy (non-hydrogen) atoms. The van der Waals surface area contributed by atoms with E-state index in [1.54, 1.807) is 19.9 Å². The van der Waals surface area contributed by atoms with Crippen LogP contribution in [-0.4, -0.2) is 12.5 Å². The summed E-state index contributed by atoms with van der Waals surface area (Å²) < 4.78 is 5.02. The van der Waals surface area contributed by atoms with Crippen molar-refractivity contribution >= 4 is 5.91 Å². The fourth-order valence-corrected chi connectivity index (χ4v) is 1.03. The molecule has 1 aromatic rings. The zero-order valence-electron chi connectivity index (χ0n) is 8.39. The van der Waals surface area contributed by atoms with Crippen molar-refractivity contribution in [2.75, 3.05) is 6.54 Å². The molecule has 0 aliphatic heterocycles. The van der Waals surface area contributed by atoms with Crippen LogP contribution in [0.4, 0.5) is 0 Å². The van der Waals surface area contributed by atoms with Crippen LogP contribution in [0.15, 0.2) is 16.7 Å². The fourth-order valence-electron chi connectivity index (χ4n) is 1.03. The molecule has 0 spiro atoms. The van der Waals surface area contributed by atoms with Gasteiger partial charge in [0.1, 0.15) is 12.0 Å². The topological polar surface area (TPSA) is 42.2 Å². The minimum Gasteiger partial charge on any atom is -0.469 e. The lowest BCUT2D eigenvalue weighted by Gasteiger charge is -1.98. The molecular formula is C11H13NO2. The number of amides is 1. The van der Waals surface area contributed by atoms with Crippen molar-refractivity contribution in [2.45, 2.75) is 20.3 Å². The van der Waals surface area contributed by atoms with Gasteiger partial charge in [-0.15, -0.1) is 11.8 Å². The molecule has 3 nitrogen and oxygen atoms in total. The molecule has 0 fully saturated rings. The van der Waals surface area contributed by atoms with Gasteiger partial charge >= 0.3 is 0 Å². The largest absolute Gasteiger partial charge is 0.469 e. The van der Waals surface area contributed by atoms with E-state index in [1.807, 2.05) is 0 Å². The molecule has 0 saturated carbocycles. The van der Waals surface area contributed by atoms with Crippen LogP contribution in [0.25, 0.3) is 0 Å². The molecule has 3 heteroatoms. The average Bonchev–Trinajstić information content (AvgIpc) is 2.59. The second-order valence-electron chi connectivity index (χ2n) is 2.88. The molecule has 1 N–H and O–H groups in total. The van der Waals surface area contributed by atoms with E-state index in [2.05, 4.69) is 17.2 Å². The number of hydrogen-bond acceptors (Lipinski definition) is 2. The van der Waals surface area contributed by atoms with E-state index >= 15 is 0 Å². The molecule has 0 saturated heterocycles. The highest BCUT2D eigenvalue weighted by Gasteiger charge is 2.06. The van der Waals surface area contributed by atoms with Crippen LogP contribution >= 0.6 is 0 Å². The van der Waals surface area contributed by atoms with Gasteiger partial charge in [-0.05, 0) is 19.9 Å². The molecular weight excluding hydrogens is 178 g/mol. The van der Waals surface area contributed by atoms with E-state index in [4.69, 9.17) is 4.42 Å². The van der Waals surface area contributed by atoms with Gasteiger partial charge < -0.3 is 9.73 Å². The summed E-state index contributed by atoms with van der Waals surface area (Å²) in [6.45, 7) is 4.16. The number of hydrogen-bond donors (Lipinski definition) is 1. The Bertz CT molecular complexity index is 368. The molecule has 1 amide bonds. The normalized spacial score (nSPS) is 9.00. The molecule has 0 atom stereocenters. The third-order valence-electron chi connectivity index (χ3n) is 1.71. The third kappa shape index (κ3) is 2.98. The Labute approximate surface area is 83.5 Å². The fraction of sp³-hybridized carbons (Fsp3) is 0.364. The van der Waals surface area contributed by atoms with Crippen molar-refractivity contribution in [3.05, 3.63) is 23.7 Å². The molecule has 0 aliphatic rings. The van der Waals surface area contributed by atoms with Crippen molar-refractivity contribution in [1.29, 1.82) is 0 Å². The zero-order chi connectivity index (χ0) is 10.4. The van der Waals surface area contributed by atoms with Gasteiger partial charge in [0.05, 0.1) is 5.56 Å². The van der Waals surface area contributed by atoms with Crippen molar-refractivity contribution in [1.82, 2.24) is 5.32 Å². The van der Waals surface area contributed by atoms with E-state index < -0.39 is 0 Å². The van der Waals surface area contributed by atoms with Gasteiger partial charge in [-0.3, -0.25) is 4.79 Å². The minimum absolute atomic E-state index is 0.111. The summed E-state index contributed by atoms with van der Waals surface area (Å²) in [6.07, 6.45) is 2.13. The first-order valence-electron chi connectivity index (χ1n) is 4.47. The summed E-state index contributed by atoms with van der Waals surface area (Å²) in [7, 11) is 0. The standard InChI is InChI=1S/C11H13NO2/c1-3-4-5-6-12-11(13)10-7-9(2)14-8-10/h7-8H,5-6H2,1-2H3,(H,12,13). The predicted molar refractivity (Wildman–Crippen MR) is 53.8 cm³/mol. The second kappa shape index (κ2) is 5.13. The van der Waals surface area contributed by atoms with Gasteiger partial charge in [-0.1, -0.05) is 0 Å². The van der Waals surface area contributed by atoms with Crippen LogP contribution in [0.1, 0.15) is 29.5 Å². The van der Waals surface area contributed by atoms with Crippen LogP contribution in [-0.2, 0) is 0 Å². The number of rotatable bonds is 3. The van der Waals surface area contributed by atoms with Crippen LogP contribution in [0.5, 0.6) is 0 Å². The van der Waals surface area contributed by atoms with E-state index in [1.165, 1.54) is 6.26 Å². The lowest BCUT2D eigenvalue weighted by atomic mass is 10.3. The Morgan fingerprint density at radius 2 is 2.43 bits per heavy atom. The summed E-state index contributed by atoms with van der Waals surface area (Å²) in [5.74, 6) is 6.27. The average molecular weight is 191 g/mol. The first-order chi connectivity index (χ1) is 6.74. The van der Waals surface area contributed by atoms with Gasteiger partial charge in [-0.25, -0.2) is 0 Å². The monoisotopic (exact) mass is 191 g/mol. The highest BCUT2D eigenvalue weighted by atomic mass is 16.3. The van der Waals surface area contributed by atoms with Crippen LogP contribution < -0.4 is 5.32 Å². The summed E-state index contributed by atoms with van der Waals surface area (Å²) >= 11 is 0. The van der Waals surface area contributed by atoms with Gasteiger partial charge in [0, 0.05) is 13.0 Å². The number of carbonyl (C=O) groups excluding carboxylic acids is 1. The van der Waals surface area contributed by atoms with E-state index in [0.29, 0.717) is 18.5 Å². The van der Waals surface area contributed by atoms with Gasteiger partial charge in [0.2, 0.25) is 0 Å². The maximum Gasteiger partial charge on any atom is 0.254 e. The van der Waals surface area contributed by atoms with Crippen molar-refractivity contribution in [3.63, 3.8) is 0 Å². The lowest BCUT2D eigenvalue weighted by molar-refractivity contribution is 0.0954. The van der Waals surface area contributed by atoms with Crippen LogP contribution in [0.3, 0.4) is 0 Å². The Balaban J connectivity index is 2.38. The van der Waals surface area contributed by atoms with Crippen LogP contribution in [0.2, 0.25) is 0 Å². The van der Waals surface area contributed by atoms with Crippen LogP contribution in [0, 0.1) is 18.8 Å². The molecule has 0 unspecified atom stereocenters. The summed E-state index contributed by atoms with van der Waals surface area (Å²) in [5.41, 5.74) is 0.562. The van der Waals surface area contributed by atoms with Gasteiger partial charge in [-0.2, -0.15) is 0 Å². The molecule has 1 aromatic heterocycles. The quantitative estimate of drug-likeness (QED) is 0.584. The van der Waals surface area contributed by atoms with E-state index in [0.717, 1.165) is 5.76 Å². The smallest absolute Gasteiger partial charge is 0.254 e. The molecule has 1 rings (SSSR count). The zero-order valence-corrected chi connectivity index (χ0v) is 8.39. The van der Waals surface area contributed by atoms with Crippen molar-refractivity contribution < 1.29 is 9.21 Å². The van der Waals surface area contributed by atoms with E-state index in [-0.39, 0.29) is 5.91 Å². The lowest BCUT2D eigenvalue weighted by Crippen LogP contribution is -2.23. The minimum atomic E-state index is -0.111. The first-order valence-corrected chi connectivity index (χ1v) is 4.47. The Morgan fingerprint density at radius 1 is 1.64 bits per heavy atom. The summed E-state index contributed by atoms with van der Waals surface area (Å²) in [4.78, 5) is 11.4. The van der Waals surface area contributed by atoms with Crippen molar-refractivity contribution in [3.8, 4) is 11.8 Å². The highest BCUT2D eigenvalue weighted by Crippen LogP contribution is 2.05. The second-order valence-corrected chi connectivity index (χ2v) is 2.88.